The number of para-hydroxylation sites is 4. The van der Waals surface area contributed by atoms with Crippen molar-refractivity contribution in [3.63, 3.8) is 0 Å². The van der Waals surface area contributed by atoms with E-state index in [4.69, 9.17) is 10.8 Å². The van der Waals surface area contributed by atoms with Crippen LogP contribution in [0.3, 0.4) is 0 Å². The molecular weight excluding hydrogens is 300 g/mol. The summed E-state index contributed by atoms with van der Waals surface area (Å²) in [6.07, 6.45) is 0. The van der Waals surface area contributed by atoms with E-state index in [2.05, 4.69) is 19.9 Å². The predicted molar refractivity (Wildman–Crippen MR) is 91.7 cm³/mol. The summed E-state index contributed by atoms with van der Waals surface area (Å²) < 4.78 is 0. The largest absolute Gasteiger partial charge is 0.296 e. The Morgan fingerprint density at radius 3 is 1.08 bits per heavy atom. The maximum Gasteiger partial charge on any atom is 0.120 e. The van der Waals surface area contributed by atoms with Gasteiger partial charge in [-0.25, -0.2) is 19.9 Å². The highest BCUT2D eigenvalue weighted by Gasteiger charge is 2.30. The van der Waals surface area contributed by atoms with Crippen LogP contribution in [0.25, 0.3) is 33.5 Å². The van der Waals surface area contributed by atoms with Crippen LogP contribution in [0.2, 0.25) is 0 Å². The third kappa shape index (κ3) is 1.65. The topological polar surface area (TPSA) is 99.3 Å². The molecular formula is C18H10N6. The first-order valence-corrected chi connectivity index (χ1v) is 7.44. The summed E-state index contributed by atoms with van der Waals surface area (Å²) in [4.78, 5) is 18.4. The minimum absolute atomic E-state index is 0.0281. The van der Waals surface area contributed by atoms with Crippen molar-refractivity contribution in [3.8, 4) is 11.4 Å². The standard InChI is InChI=1S/C18H10N6/c19-13-14(20)16-18(24-12-8-4-2-6-10(12)22-16)17-15(13)21-9-5-1-3-7-11(9)23-17/h1-8,19-20H. The normalized spacial score (nSPS) is 13.2. The van der Waals surface area contributed by atoms with Gasteiger partial charge in [0.15, 0.2) is 0 Å². The zero-order valence-corrected chi connectivity index (χ0v) is 12.4. The van der Waals surface area contributed by atoms with Gasteiger partial charge in [0, 0.05) is 0 Å². The zero-order valence-electron chi connectivity index (χ0n) is 12.4. The molecule has 2 heterocycles. The molecule has 6 heteroatoms. The summed E-state index contributed by atoms with van der Waals surface area (Å²) in [5, 5.41) is 16.6. The van der Waals surface area contributed by atoms with E-state index in [1.54, 1.807) is 0 Å². The lowest BCUT2D eigenvalue weighted by atomic mass is 9.95. The molecule has 0 bridgehead atoms. The highest BCUT2D eigenvalue weighted by atomic mass is 14.9. The van der Waals surface area contributed by atoms with Crippen LogP contribution in [0, 0.1) is 10.8 Å². The van der Waals surface area contributed by atoms with Crippen LogP contribution in [-0.2, 0) is 0 Å². The van der Waals surface area contributed by atoms with E-state index in [9.17, 15) is 0 Å². The molecule has 5 rings (SSSR count). The number of hydrogen-bond acceptors (Lipinski definition) is 6. The Morgan fingerprint density at radius 1 is 0.458 bits per heavy atom. The second kappa shape index (κ2) is 4.48. The number of fused-ring (bicyclic) bond motifs is 5. The lowest BCUT2D eigenvalue weighted by Crippen LogP contribution is -2.25. The second-order valence-corrected chi connectivity index (χ2v) is 5.57. The van der Waals surface area contributed by atoms with Crippen molar-refractivity contribution in [3.05, 3.63) is 59.9 Å². The molecule has 0 amide bonds. The number of benzene rings is 2. The van der Waals surface area contributed by atoms with Crippen LogP contribution in [0.15, 0.2) is 48.5 Å². The Kier molecular flexibility index (Phi) is 2.42. The van der Waals surface area contributed by atoms with Crippen molar-refractivity contribution in [2.24, 2.45) is 0 Å². The van der Waals surface area contributed by atoms with Crippen molar-refractivity contribution in [2.75, 3.05) is 0 Å². The van der Waals surface area contributed by atoms with Gasteiger partial charge in [0.25, 0.3) is 0 Å². The summed E-state index contributed by atoms with van der Waals surface area (Å²) in [6.45, 7) is 0. The summed E-state index contributed by atoms with van der Waals surface area (Å²) in [6, 6.07) is 15.0. The molecule has 24 heavy (non-hydrogen) atoms. The van der Waals surface area contributed by atoms with E-state index in [-0.39, 0.29) is 11.4 Å². The first-order chi connectivity index (χ1) is 11.7. The van der Waals surface area contributed by atoms with E-state index in [0.29, 0.717) is 33.8 Å². The quantitative estimate of drug-likeness (QED) is 0.521. The van der Waals surface area contributed by atoms with E-state index in [1.165, 1.54) is 0 Å². The van der Waals surface area contributed by atoms with Crippen molar-refractivity contribution >= 4 is 33.5 Å². The fraction of sp³-hybridized carbons (Fsp3) is 0. The molecule has 0 atom stereocenters. The Balaban J connectivity index is 1.93. The Morgan fingerprint density at radius 2 is 0.750 bits per heavy atom. The monoisotopic (exact) mass is 310 g/mol. The first kappa shape index (κ1) is 13.0. The van der Waals surface area contributed by atoms with Crippen molar-refractivity contribution in [1.29, 1.82) is 10.8 Å². The highest BCUT2D eigenvalue weighted by molar-refractivity contribution is 6.53. The molecule has 6 nitrogen and oxygen atoms in total. The minimum atomic E-state index is 0.0281. The average molecular weight is 310 g/mol. The van der Waals surface area contributed by atoms with E-state index in [0.717, 1.165) is 11.0 Å². The average Bonchev–Trinajstić information content (AvgIpc) is 2.64. The number of nitrogens with one attached hydrogen (secondary N) is 2. The van der Waals surface area contributed by atoms with Gasteiger partial charge >= 0.3 is 0 Å². The molecule has 0 radical (unpaired) electrons. The van der Waals surface area contributed by atoms with Crippen LogP contribution in [0.1, 0.15) is 11.4 Å². The number of aromatic nitrogens is 4. The van der Waals surface area contributed by atoms with Gasteiger partial charge in [-0.1, -0.05) is 24.3 Å². The molecule has 1 aliphatic rings. The third-order valence-electron chi connectivity index (χ3n) is 4.09. The second-order valence-electron chi connectivity index (χ2n) is 5.57. The minimum Gasteiger partial charge on any atom is -0.296 e. The molecule has 4 aromatic rings. The number of hydrogen-bond donors (Lipinski definition) is 2. The Labute approximate surface area is 136 Å². The molecule has 0 saturated carbocycles. The summed E-state index contributed by atoms with van der Waals surface area (Å²) in [5.74, 6) is 0. The van der Waals surface area contributed by atoms with Gasteiger partial charge in [0.1, 0.15) is 34.2 Å². The molecule has 2 aromatic carbocycles. The van der Waals surface area contributed by atoms with Crippen LogP contribution < -0.4 is 0 Å². The lowest BCUT2D eigenvalue weighted by Gasteiger charge is -2.19. The van der Waals surface area contributed by atoms with Gasteiger partial charge in [-0.3, -0.25) is 10.8 Å². The van der Waals surface area contributed by atoms with Gasteiger partial charge in [-0.15, -0.1) is 0 Å². The zero-order chi connectivity index (χ0) is 16.3. The van der Waals surface area contributed by atoms with Gasteiger partial charge < -0.3 is 0 Å². The van der Waals surface area contributed by atoms with E-state index >= 15 is 0 Å². The summed E-state index contributed by atoms with van der Waals surface area (Å²) >= 11 is 0. The molecule has 0 fully saturated rings. The summed E-state index contributed by atoms with van der Waals surface area (Å²) in [7, 11) is 0. The van der Waals surface area contributed by atoms with Crippen molar-refractivity contribution < 1.29 is 0 Å². The maximum absolute atomic E-state index is 8.30. The van der Waals surface area contributed by atoms with Gasteiger partial charge in [0.05, 0.1) is 22.1 Å². The number of nitrogens with zero attached hydrogens (tertiary/aromatic N) is 4. The molecule has 0 aliphatic heterocycles. The number of rotatable bonds is 0. The fourth-order valence-electron chi connectivity index (χ4n) is 2.92. The van der Waals surface area contributed by atoms with Crippen molar-refractivity contribution in [1.82, 2.24) is 19.9 Å². The Hall–Kier alpha value is -3.54. The molecule has 0 saturated heterocycles. The van der Waals surface area contributed by atoms with Gasteiger partial charge in [0.2, 0.25) is 0 Å². The highest BCUT2D eigenvalue weighted by Crippen LogP contribution is 2.31. The van der Waals surface area contributed by atoms with Crippen LogP contribution in [-0.4, -0.2) is 31.4 Å². The van der Waals surface area contributed by atoms with Gasteiger partial charge in [-0.05, 0) is 24.3 Å². The van der Waals surface area contributed by atoms with Gasteiger partial charge in [-0.2, -0.15) is 0 Å². The van der Waals surface area contributed by atoms with Crippen LogP contribution >= 0.6 is 0 Å². The van der Waals surface area contributed by atoms with E-state index in [1.807, 2.05) is 48.5 Å². The van der Waals surface area contributed by atoms with Crippen LogP contribution in [0.5, 0.6) is 0 Å². The molecule has 112 valence electrons. The van der Waals surface area contributed by atoms with E-state index < -0.39 is 0 Å². The molecule has 2 N–H and O–H groups in total. The fourth-order valence-corrected chi connectivity index (χ4v) is 2.92. The van der Waals surface area contributed by atoms with Crippen molar-refractivity contribution in [2.45, 2.75) is 0 Å². The Bertz CT molecular complexity index is 1100. The van der Waals surface area contributed by atoms with Crippen LogP contribution in [0.4, 0.5) is 0 Å². The maximum atomic E-state index is 8.30. The molecule has 2 aromatic heterocycles. The SMILES string of the molecule is N=C1C(=N)c2nc3ccccc3nc2-c2nc3ccccc3nc21. The molecule has 0 unspecified atom stereocenters. The first-order valence-electron chi connectivity index (χ1n) is 7.44. The summed E-state index contributed by atoms with van der Waals surface area (Å²) in [5.41, 5.74) is 4.73. The predicted octanol–water partition coefficient (Wildman–Crippen LogP) is 2.99. The smallest absolute Gasteiger partial charge is 0.120 e. The lowest BCUT2D eigenvalue weighted by molar-refractivity contribution is 1.17. The third-order valence-corrected chi connectivity index (χ3v) is 4.09. The molecule has 1 aliphatic carbocycles. The molecule has 0 spiro atoms.